The number of rotatable bonds is 3. The highest BCUT2D eigenvalue weighted by Gasteiger charge is 2.16. The number of halogens is 2. The number of benzene rings is 1. The van der Waals surface area contributed by atoms with Gasteiger partial charge in [-0.15, -0.1) is 0 Å². The summed E-state index contributed by atoms with van der Waals surface area (Å²) >= 11 is 5.60. The fourth-order valence-electron chi connectivity index (χ4n) is 1.33. The molecule has 0 unspecified atom stereocenters. The van der Waals surface area contributed by atoms with Crippen LogP contribution in [0.2, 0.25) is 5.15 Å². The molecule has 0 aliphatic carbocycles. The Morgan fingerprint density at radius 1 is 1.21 bits per heavy atom. The predicted molar refractivity (Wildman–Crippen MR) is 68.7 cm³/mol. The lowest BCUT2D eigenvalue weighted by atomic mass is 10.3. The first kappa shape index (κ1) is 13.5. The van der Waals surface area contributed by atoms with Gasteiger partial charge < -0.3 is 5.73 Å². The summed E-state index contributed by atoms with van der Waals surface area (Å²) in [6, 6.07) is 4.22. The Bertz CT molecular complexity index is 703. The molecule has 19 heavy (non-hydrogen) atoms. The maximum atomic E-state index is 13.1. The number of nitrogens with zero attached hydrogens (tertiary/aromatic N) is 2. The molecule has 0 fully saturated rings. The molecule has 1 aromatic carbocycles. The van der Waals surface area contributed by atoms with Gasteiger partial charge in [-0.1, -0.05) is 11.6 Å². The summed E-state index contributed by atoms with van der Waals surface area (Å²) < 4.78 is 39.2. The monoisotopic (exact) mass is 302 g/mol. The molecule has 100 valence electrons. The summed E-state index contributed by atoms with van der Waals surface area (Å²) in [5.41, 5.74) is 5.40. The van der Waals surface area contributed by atoms with E-state index in [4.69, 9.17) is 17.3 Å². The van der Waals surface area contributed by atoms with Gasteiger partial charge in [0, 0.05) is 11.8 Å². The zero-order chi connectivity index (χ0) is 14.0. The SMILES string of the molecule is Nc1cc(F)cc(S(=O)(=O)Nc2cc(Cl)ncn2)c1. The lowest BCUT2D eigenvalue weighted by Crippen LogP contribution is -2.14. The van der Waals surface area contributed by atoms with Crippen molar-refractivity contribution in [2.45, 2.75) is 4.90 Å². The normalized spacial score (nSPS) is 11.3. The van der Waals surface area contributed by atoms with E-state index in [9.17, 15) is 12.8 Å². The Hall–Kier alpha value is -1.93. The first-order chi connectivity index (χ1) is 8.87. The van der Waals surface area contributed by atoms with Crippen LogP contribution in [-0.4, -0.2) is 18.4 Å². The molecule has 6 nitrogen and oxygen atoms in total. The molecule has 1 heterocycles. The van der Waals surface area contributed by atoms with Crippen LogP contribution in [0.1, 0.15) is 0 Å². The smallest absolute Gasteiger partial charge is 0.263 e. The second kappa shape index (κ2) is 4.98. The van der Waals surface area contributed by atoms with Crippen LogP contribution in [0.3, 0.4) is 0 Å². The van der Waals surface area contributed by atoms with Crippen LogP contribution in [0.5, 0.6) is 0 Å². The minimum atomic E-state index is -3.99. The maximum absolute atomic E-state index is 13.1. The second-order valence-corrected chi connectivity index (χ2v) is 5.62. The molecule has 0 saturated carbocycles. The summed E-state index contributed by atoms with van der Waals surface area (Å²) in [6.45, 7) is 0. The largest absolute Gasteiger partial charge is 0.399 e. The molecular formula is C10H8ClFN4O2S. The number of nitrogens with one attached hydrogen (secondary N) is 1. The lowest BCUT2D eigenvalue weighted by Gasteiger charge is -2.08. The van der Waals surface area contributed by atoms with Gasteiger partial charge in [-0.2, -0.15) is 0 Å². The van der Waals surface area contributed by atoms with E-state index in [0.29, 0.717) is 0 Å². The Labute approximate surface area is 113 Å². The molecule has 0 atom stereocenters. The van der Waals surface area contributed by atoms with Crippen molar-refractivity contribution in [2.24, 2.45) is 0 Å². The molecule has 0 amide bonds. The Morgan fingerprint density at radius 3 is 2.58 bits per heavy atom. The zero-order valence-electron chi connectivity index (χ0n) is 9.34. The van der Waals surface area contributed by atoms with Gasteiger partial charge in [0.1, 0.15) is 23.1 Å². The molecule has 0 saturated heterocycles. The molecule has 0 aliphatic rings. The Morgan fingerprint density at radius 2 is 1.95 bits per heavy atom. The predicted octanol–water partition coefficient (Wildman–Crippen LogP) is 1.65. The van der Waals surface area contributed by atoms with Crippen molar-refractivity contribution in [1.82, 2.24) is 9.97 Å². The van der Waals surface area contributed by atoms with Crippen LogP contribution in [0.25, 0.3) is 0 Å². The third kappa shape index (κ3) is 3.30. The average Bonchev–Trinajstić information content (AvgIpc) is 2.26. The number of hydrogen-bond donors (Lipinski definition) is 2. The van der Waals surface area contributed by atoms with E-state index in [1.807, 2.05) is 0 Å². The van der Waals surface area contributed by atoms with Crippen molar-refractivity contribution in [2.75, 3.05) is 10.5 Å². The number of sulfonamides is 1. The quantitative estimate of drug-likeness (QED) is 0.663. The summed E-state index contributed by atoms with van der Waals surface area (Å²) in [6.07, 6.45) is 1.10. The Kier molecular flexibility index (Phi) is 3.54. The van der Waals surface area contributed by atoms with Crippen LogP contribution < -0.4 is 10.5 Å². The molecule has 9 heteroatoms. The summed E-state index contributed by atoms with van der Waals surface area (Å²) in [5.74, 6) is -0.774. The van der Waals surface area contributed by atoms with E-state index in [0.717, 1.165) is 24.5 Å². The average molecular weight is 303 g/mol. The van der Waals surface area contributed by atoms with Crippen molar-refractivity contribution < 1.29 is 12.8 Å². The van der Waals surface area contributed by atoms with E-state index in [1.54, 1.807) is 0 Å². The maximum Gasteiger partial charge on any atom is 0.263 e. The third-order valence-corrected chi connectivity index (χ3v) is 3.62. The molecule has 0 radical (unpaired) electrons. The molecule has 0 bridgehead atoms. The number of aromatic nitrogens is 2. The van der Waals surface area contributed by atoms with Crippen LogP contribution in [0, 0.1) is 5.82 Å². The van der Waals surface area contributed by atoms with E-state index < -0.39 is 15.8 Å². The molecule has 2 aromatic rings. The molecular weight excluding hydrogens is 295 g/mol. The first-order valence-corrected chi connectivity index (χ1v) is 6.79. The first-order valence-electron chi connectivity index (χ1n) is 4.93. The number of hydrogen-bond acceptors (Lipinski definition) is 5. The Balaban J connectivity index is 2.37. The summed E-state index contributed by atoms with van der Waals surface area (Å²) in [4.78, 5) is 6.99. The fourth-order valence-corrected chi connectivity index (χ4v) is 2.54. The molecule has 0 spiro atoms. The van der Waals surface area contributed by atoms with Gasteiger partial charge >= 0.3 is 0 Å². The minimum Gasteiger partial charge on any atom is -0.399 e. The third-order valence-electron chi connectivity index (χ3n) is 2.08. The molecule has 0 aliphatic heterocycles. The van der Waals surface area contributed by atoms with Crippen LogP contribution in [0.4, 0.5) is 15.9 Å². The second-order valence-electron chi connectivity index (χ2n) is 3.55. The van der Waals surface area contributed by atoms with Crippen LogP contribution in [-0.2, 0) is 10.0 Å². The highest BCUT2D eigenvalue weighted by Crippen LogP contribution is 2.19. The van der Waals surface area contributed by atoms with Gasteiger partial charge in [-0.25, -0.2) is 22.8 Å². The number of anilines is 2. The van der Waals surface area contributed by atoms with Crippen molar-refractivity contribution in [3.63, 3.8) is 0 Å². The highest BCUT2D eigenvalue weighted by molar-refractivity contribution is 7.92. The highest BCUT2D eigenvalue weighted by atomic mass is 35.5. The van der Waals surface area contributed by atoms with Crippen LogP contribution >= 0.6 is 11.6 Å². The zero-order valence-corrected chi connectivity index (χ0v) is 10.9. The van der Waals surface area contributed by atoms with Crippen molar-refractivity contribution >= 4 is 33.1 Å². The van der Waals surface area contributed by atoms with Gasteiger partial charge in [0.15, 0.2) is 0 Å². The van der Waals surface area contributed by atoms with Gasteiger partial charge in [0.2, 0.25) is 0 Å². The summed E-state index contributed by atoms with van der Waals surface area (Å²) in [7, 11) is -3.99. The van der Waals surface area contributed by atoms with Crippen molar-refractivity contribution in [1.29, 1.82) is 0 Å². The topological polar surface area (TPSA) is 98.0 Å². The number of nitrogen functional groups attached to an aromatic ring is 1. The van der Waals surface area contributed by atoms with Gasteiger partial charge in [0.05, 0.1) is 4.90 Å². The molecule has 1 aromatic heterocycles. The van der Waals surface area contributed by atoms with E-state index in [1.165, 1.54) is 6.07 Å². The van der Waals surface area contributed by atoms with E-state index in [-0.39, 0.29) is 21.6 Å². The van der Waals surface area contributed by atoms with Gasteiger partial charge in [-0.05, 0) is 18.2 Å². The molecule has 3 N–H and O–H groups in total. The van der Waals surface area contributed by atoms with Gasteiger partial charge in [-0.3, -0.25) is 4.72 Å². The van der Waals surface area contributed by atoms with Gasteiger partial charge in [0.25, 0.3) is 10.0 Å². The molecule has 2 rings (SSSR count). The summed E-state index contributed by atoms with van der Waals surface area (Å²) in [5, 5.41) is 0.0754. The van der Waals surface area contributed by atoms with E-state index in [2.05, 4.69) is 14.7 Å². The van der Waals surface area contributed by atoms with Crippen molar-refractivity contribution in [3.8, 4) is 0 Å². The standard InChI is InChI=1S/C10H8ClFN4O2S/c11-9-4-10(15-5-14-9)16-19(17,18)8-2-6(12)1-7(13)3-8/h1-5H,13H2,(H,14,15,16). The lowest BCUT2D eigenvalue weighted by molar-refractivity contribution is 0.595. The van der Waals surface area contributed by atoms with Crippen LogP contribution in [0.15, 0.2) is 35.5 Å². The van der Waals surface area contributed by atoms with Crippen molar-refractivity contribution in [3.05, 3.63) is 41.6 Å². The van der Waals surface area contributed by atoms with E-state index >= 15 is 0 Å². The minimum absolute atomic E-state index is 0.00101. The fraction of sp³-hybridized carbons (Fsp3) is 0. The number of nitrogens with two attached hydrogens (primary N) is 1.